The second-order valence-corrected chi connectivity index (χ2v) is 7.69. The summed E-state index contributed by atoms with van der Waals surface area (Å²) in [5, 5.41) is 11.9. The fraction of sp³-hybridized carbons (Fsp3) is 0.304. The number of hydrogen-bond acceptors (Lipinski definition) is 2. The minimum Gasteiger partial charge on any atom is -0.387 e. The molecule has 1 unspecified atom stereocenters. The van der Waals surface area contributed by atoms with Crippen molar-refractivity contribution in [3.05, 3.63) is 77.4 Å². The molecule has 6 rings (SSSR count). The van der Waals surface area contributed by atoms with E-state index in [-0.39, 0.29) is 11.9 Å². The highest BCUT2D eigenvalue weighted by Crippen LogP contribution is 2.36. The predicted octanol–water partition coefficient (Wildman–Crippen LogP) is 4.26. The van der Waals surface area contributed by atoms with Crippen molar-refractivity contribution >= 4 is 17.0 Å². The van der Waals surface area contributed by atoms with Crippen molar-refractivity contribution in [2.24, 2.45) is 5.92 Å². The molecular formula is C23H23FN2O. The lowest BCUT2D eigenvalue weighted by molar-refractivity contribution is 0.0215. The number of nitrogens with zero attached hydrogens (tertiary/aromatic N) is 2. The van der Waals surface area contributed by atoms with Crippen molar-refractivity contribution in [2.75, 3.05) is 13.1 Å². The summed E-state index contributed by atoms with van der Waals surface area (Å²) < 4.78 is 15.4. The van der Waals surface area contributed by atoms with E-state index in [4.69, 9.17) is 0 Å². The molecule has 3 aromatic rings. The van der Waals surface area contributed by atoms with Crippen LogP contribution in [0.15, 0.2) is 60.4 Å². The van der Waals surface area contributed by atoms with E-state index < -0.39 is 0 Å². The molecule has 0 amide bonds. The lowest BCUT2D eigenvalue weighted by Crippen LogP contribution is -2.48. The monoisotopic (exact) mass is 362 g/mol. The van der Waals surface area contributed by atoms with Crippen LogP contribution < -0.4 is 0 Å². The first-order valence-electron chi connectivity index (χ1n) is 9.66. The van der Waals surface area contributed by atoms with Gasteiger partial charge in [-0.15, -0.1) is 0 Å². The van der Waals surface area contributed by atoms with Crippen LogP contribution in [0.4, 0.5) is 4.39 Å². The summed E-state index contributed by atoms with van der Waals surface area (Å²) in [5.74, 6) is 0.186. The van der Waals surface area contributed by atoms with Crippen LogP contribution >= 0.6 is 0 Å². The summed E-state index contributed by atoms with van der Waals surface area (Å²) in [6, 6.07) is 15.0. The molecule has 1 atom stereocenters. The Balaban J connectivity index is 1.55. The Morgan fingerprint density at radius 2 is 1.78 bits per heavy atom. The Morgan fingerprint density at radius 1 is 1.04 bits per heavy atom. The van der Waals surface area contributed by atoms with Gasteiger partial charge in [-0.3, -0.25) is 0 Å². The standard InChI is InChI=1S/C23H23FN2O/c24-19-7-5-16(6-8-19)14-26-15-18(20-3-1-2-4-21(20)26)13-22-23(27)17-9-11-25(22)12-10-17/h1-8,13,15,17,23,27H,9-12,14H2/b22-13-. The zero-order valence-corrected chi connectivity index (χ0v) is 15.2. The molecule has 3 aliphatic heterocycles. The van der Waals surface area contributed by atoms with Crippen LogP contribution in [0, 0.1) is 11.7 Å². The number of para-hydroxylation sites is 1. The van der Waals surface area contributed by atoms with Crippen LogP contribution in [0.3, 0.4) is 0 Å². The highest BCUT2D eigenvalue weighted by atomic mass is 19.1. The molecule has 0 spiro atoms. The first kappa shape index (κ1) is 16.6. The Morgan fingerprint density at radius 3 is 2.52 bits per heavy atom. The summed E-state index contributed by atoms with van der Waals surface area (Å²) in [6.07, 6.45) is 6.14. The average molecular weight is 362 g/mol. The van der Waals surface area contributed by atoms with Crippen molar-refractivity contribution in [1.29, 1.82) is 0 Å². The number of piperidine rings is 3. The third kappa shape index (κ3) is 2.94. The molecule has 2 aromatic carbocycles. The smallest absolute Gasteiger partial charge is 0.123 e. The van der Waals surface area contributed by atoms with Gasteiger partial charge >= 0.3 is 0 Å². The molecule has 3 saturated heterocycles. The molecule has 3 nitrogen and oxygen atoms in total. The third-order valence-electron chi connectivity index (χ3n) is 6.04. The van der Waals surface area contributed by atoms with Crippen molar-refractivity contribution in [2.45, 2.75) is 25.5 Å². The van der Waals surface area contributed by atoms with Gasteiger partial charge < -0.3 is 14.6 Å². The van der Waals surface area contributed by atoms with Gasteiger partial charge in [0.05, 0.1) is 6.10 Å². The molecule has 4 heterocycles. The zero-order chi connectivity index (χ0) is 18.4. The number of rotatable bonds is 3. The number of aromatic nitrogens is 1. The first-order valence-corrected chi connectivity index (χ1v) is 9.66. The van der Waals surface area contributed by atoms with Crippen LogP contribution in [0.2, 0.25) is 0 Å². The fourth-order valence-corrected chi connectivity index (χ4v) is 4.55. The maximum absolute atomic E-state index is 13.2. The lowest BCUT2D eigenvalue weighted by Gasteiger charge is -2.45. The zero-order valence-electron chi connectivity index (χ0n) is 15.2. The quantitative estimate of drug-likeness (QED) is 0.754. The van der Waals surface area contributed by atoms with Crippen LogP contribution in [0.5, 0.6) is 0 Å². The number of benzene rings is 2. The topological polar surface area (TPSA) is 28.4 Å². The molecule has 2 bridgehead atoms. The number of halogens is 1. The Bertz CT molecular complexity index is 993. The van der Waals surface area contributed by atoms with Crippen molar-refractivity contribution < 1.29 is 9.50 Å². The molecule has 3 aliphatic rings. The Labute approximate surface area is 158 Å². The van der Waals surface area contributed by atoms with Crippen molar-refractivity contribution in [1.82, 2.24) is 9.47 Å². The second-order valence-electron chi connectivity index (χ2n) is 7.69. The Kier molecular flexibility index (Phi) is 4.01. The predicted molar refractivity (Wildman–Crippen MR) is 106 cm³/mol. The van der Waals surface area contributed by atoms with Gasteiger partial charge in [-0.05, 0) is 48.6 Å². The molecule has 0 aliphatic carbocycles. The molecule has 1 N–H and O–H groups in total. The molecule has 4 heteroatoms. The number of fused-ring (bicyclic) bond motifs is 4. The van der Waals surface area contributed by atoms with Gasteiger partial charge in [0.25, 0.3) is 0 Å². The van der Waals surface area contributed by atoms with E-state index >= 15 is 0 Å². The normalized spacial score (nSPS) is 23.5. The number of aliphatic hydroxyl groups excluding tert-OH is 1. The van der Waals surface area contributed by atoms with Gasteiger partial charge in [-0.25, -0.2) is 4.39 Å². The highest BCUT2D eigenvalue weighted by Gasteiger charge is 2.36. The van der Waals surface area contributed by atoms with E-state index in [1.807, 2.05) is 18.2 Å². The van der Waals surface area contributed by atoms with E-state index in [2.05, 4.69) is 39.9 Å². The summed E-state index contributed by atoms with van der Waals surface area (Å²) in [5.41, 5.74) is 4.41. The first-order chi connectivity index (χ1) is 13.2. The maximum Gasteiger partial charge on any atom is 0.123 e. The van der Waals surface area contributed by atoms with Gasteiger partial charge in [0.2, 0.25) is 0 Å². The minimum atomic E-state index is -0.355. The summed E-state index contributed by atoms with van der Waals surface area (Å²) in [4.78, 5) is 2.33. The number of hydrogen-bond donors (Lipinski definition) is 1. The van der Waals surface area contributed by atoms with Gasteiger partial charge in [0.15, 0.2) is 0 Å². The molecule has 3 fully saturated rings. The SMILES string of the molecule is OC1/C(=C/c2cn(Cc3ccc(F)cc3)c3ccccc23)N2CCC1CC2. The third-order valence-corrected chi connectivity index (χ3v) is 6.04. The molecule has 27 heavy (non-hydrogen) atoms. The number of aliphatic hydroxyl groups is 1. The van der Waals surface area contributed by atoms with Gasteiger partial charge in [-0.2, -0.15) is 0 Å². The van der Waals surface area contributed by atoms with E-state index in [1.54, 1.807) is 0 Å². The van der Waals surface area contributed by atoms with E-state index in [1.165, 1.54) is 17.5 Å². The maximum atomic E-state index is 13.2. The fourth-order valence-electron chi connectivity index (χ4n) is 4.55. The van der Waals surface area contributed by atoms with Crippen LogP contribution in [-0.2, 0) is 6.54 Å². The van der Waals surface area contributed by atoms with Crippen LogP contribution in [0.1, 0.15) is 24.0 Å². The van der Waals surface area contributed by atoms with Gasteiger partial charge in [0, 0.05) is 48.0 Å². The largest absolute Gasteiger partial charge is 0.387 e. The molecular weight excluding hydrogens is 339 g/mol. The van der Waals surface area contributed by atoms with Crippen molar-refractivity contribution in [3.63, 3.8) is 0 Å². The summed E-state index contributed by atoms with van der Waals surface area (Å²) >= 11 is 0. The van der Waals surface area contributed by atoms with Gasteiger partial charge in [0.1, 0.15) is 5.82 Å². The summed E-state index contributed by atoms with van der Waals surface area (Å²) in [6.45, 7) is 2.78. The molecule has 0 saturated carbocycles. The van der Waals surface area contributed by atoms with Crippen LogP contribution in [0.25, 0.3) is 17.0 Å². The second kappa shape index (κ2) is 6.54. The summed E-state index contributed by atoms with van der Waals surface area (Å²) in [7, 11) is 0. The molecule has 0 radical (unpaired) electrons. The van der Waals surface area contributed by atoms with Gasteiger partial charge in [-0.1, -0.05) is 30.3 Å². The van der Waals surface area contributed by atoms with E-state index in [0.717, 1.165) is 48.3 Å². The lowest BCUT2D eigenvalue weighted by atomic mass is 9.83. The minimum absolute atomic E-state index is 0.211. The molecule has 1 aromatic heterocycles. The van der Waals surface area contributed by atoms with Crippen LogP contribution in [-0.4, -0.2) is 33.8 Å². The van der Waals surface area contributed by atoms with E-state index in [0.29, 0.717) is 12.5 Å². The molecule has 138 valence electrons. The Hall–Kier alpha value is -2.59. The highest BCUT2D eigenvalue weighted by molar-refractivity contribution is 5.90. The van der Waals surface area contributed by atoms with Crippen molar-refractivity contribution in [3.8, 4) is 0 Å². The average Bonchev–Trinajstić information content (AvgIpc) is 3.04. The van der Waals surface area contributed by atoms with E-state index in [9.17, 15) is 9.50 Å².